The Kier molecular flexibility index (Phi) is 16.9. The molecule has 2 rings (SSSR count). The average molecular weight is 690 g/mol. The topological polar surface area (TPSA) is 252 Å². The van der Waals surface area contributed by atoms with E-state index in [1.54, 1.807) is 0 Å². The maximum atomic E-state index is 12.8. The fourth-order valence-corrected chi connectivity index (χ4v) is 5.72. The predicted octanol–water partition coefficient (Wildman–Crippen LogP) is -5.14. The Morgan fingerprint density at radius 2 is 1.15 bits per heavy atom. The van der Waals surface area contributed by atoms with Gasteiger partial charge in [0.1, 0.15) is 0 Å². The standard InChI is InChI=1S/C31H42N3O13P/c1-23(35)16-32(18-28(36)37)13-14-33(19-29(38)39)17-26(34(20-30(40)41)21-31(42)43)22-47-48(44,45)46-15-12-27(24-8-4-2-5-9-24)25-10-6-3-7-11-25/h2-11,26-27,35H,1,12-22H2,(H,36,37)(H,38,39)(H,40,41)(H,42,43)(H,44,45)/p-6. The Balaban J connectivity index is 2.22. The average Bonchev–Trinajstić information content (AvgIpc) is 2.99. The molecule has 0 heterocycles. The summed E-state index contributed by atoms with van der Waals surface area (Å²) in [4.78, 5) is 61.3. The first-order valence-corrected chi connectivity index (χ1v) is 16.1. The number of rotatable bonds is 25. The smallest absolute Gasteiger partial charge is 0.267 e. The second kappa shape index (κ2) is 20.3. The number of carboxylic acids is 4. The first-order chi connectivity index (χ1) is 22.6. The van der Waals surface area contributed by atoms with E-state index in [4.69, 9.17) is 9.05 Å². The molecule has 17 heteroatoms. The summed E-state index contributed by atoms with van der Waals surface area (Å²) in [6.45, 7) is -3.09. The molecule has 0 aromatic heterocycles. The Labute approximate surface area is 277 Å². The lowest BCUT2D eigenvalue weighted by molar-refractivity contribution is -0.313. The van der Waals surface area contributed by atoms with Crippen LogP contribution in [0, 0.1) is 0 Å². The van der Waals surface area contributed by atoms with E-state index in [1.807, 2.05) is 60.7 Å². The Hall–Kier alpha value is -4.15. The van der Waals surface area contributed by atoms with Gasteiger partial charge in [0.25, 0.3) is 7.82 Å². The van der Waals surface area contributed by atoms with Gasteiger partial charge in [0.15, 0.2) is 0 Å². The second-order valence-electron chi connectivity index (χ2n) is 10.8. The lowest BCUT2D eigenvalue weighted by Crippen LogP contribution is -2.55. The number of carbonyl (C=O) groups is 4. The van der Waals surface area contributed by atoms with E-state index >= 15 is 0 Å². The summed E-state index contributed by atoms with van der Waals surface area (Å²) < 4.78 is 23.0. The number of phosphoric ester groups is 1. The van der Waals surface area contributed by atoms with E-state index in [0.29, 0.717) is 0 Å². The SMILES string of the molecule is C=C([O-])CN(CCN(CC(=O)[O-])CC(COP(=O)([O-])OCCC(c1ccccc1)c1ccccc1)N(CC(=O)[O-])CC(=O)[O-])CC(=O)[O-]. The van der Waals surface area contributed by atoms with E-state index < -0.39 is 89.4 Å². The molecule has 264 valence electrons. The maximum Gasteiger partial charge on any atom is 0.267 e. The van der Waals surface area contributed by atoms with Crippen LogP contribution in [0.1, 0.15) is 23.5 Å². The molecule has 0 aliphatic heterocycles. The monoisotopic (exact) mass is 689 g/mol. The molecule has 0 amide bonds. The van der Waals surface area contributed by atoms with Crippen molar-refractivity contribution in [3.63, 3.8) is 0 Å². The van der Waals surface area contributed by atoms with Crippen molar-refractivity contribution in [1.82, 2.24) is 14.7 Å². The summed E-state index contributed by atoms with van der Waals surface area (Å²) >= 11 is 0. The van der Waals surface area contributed by atoms with Gasteiger partial charge in [-0.2, -0.15) is 0 Å². The van der Waals surface area contributed by atoms with Gasteiger partial charge in [0, 0.05) is 64.3 Å². The van der Waals surface area contributed by atoms with Crippen LogP contribution in [-0.4, -0.2) is 110 Å². The summed E-state index contributed by atoms with van der Waals surface area (Å²) in [6, 6.07) is 17.1. The van der Waals surface area contributed by atoms with Crippen LogP contribution in [0.2, 0.25) is 0 Å². The number of carboxylic acid groups (broad SMARTS) is 4. The number of aliphatic carboxylic acids is 4. The number of hydrogen-bond acceptors (Lipinski definition) is 16. The highest BCUT2D eigenvalue weighted by Gasteiger charge is 2.26. The van der Waals surface area contributed by atoms with Gasteiger partial charge in [-0.05, 0) is 17.5 Å². The molecule has 0 bridgehead atoms. The highest BCUT2D eigenvalue weighted by Crippen LogP contribution is 2.40. The van der Waals surface area contributed by atoms with Crippen molar-refractivity contribution in [2.75, 3.05) is 65.6 Å². The molecule has 2 aromatic rings. The fourth-order valence-electron chi connectivity index (χ4n) is 4.96. The summed E-state index contributed by atoms with van der Waals surface area (Å²) in [6.07, 6.45) is 0.214. The van der Waals surface area contributed by atoms with E-state index in [2.05, 4.69) is 6.58 Å². The van der Waals surface area contributed by atoms with Crippen LogP contribution < -0.4 is 30.4 Å². The molecule has 0 aliphatic carbocycles. The molecule has 0 aliphatic rings. The van der Waals surface area contributed by atoms with Crippen LogP contribution in [0.25, 0.3) is 0 Å². The van der Waals surface area contributed by atoms with Gasteiger partial charge in [-0.25, -0.2) is 0 Å². The van der Waals surface area contributed by atoms with Crippen molar-refractivity contribution in [3.8, 4) is 0 Å². The summed E-state index contributed by atoms with van der Waals surface area (Å²) in [5.74, 6) is -7.52. The van der Waals surface area contributed by atoms with Crippen molar-refractivity contribution in [1.29, 1.82) is 0 Å². The first-order valence-electron chi connectivity index (χ1n) is 14.7. The third-order valence-corrected chi connectivity index (χ3v) is 7.94. The van der Waals surface area contributed by atoms with Crippen LogP contribution in [0.5, 0.6) is 0 Å². The molecule has 0 radical (unpaired) electrons. The Bertz CT molecular complexity index is 1330. The van der Waals surface area contributed by atoms with Crippen molar-refractivity contribution in [3.05, 3.63) is 84.1 Å². The molecular weight excluding hydrogens is 653 g/mol. The Morgan fingerprint density at radius 1 is 0.688 bits per heavy atom. The predicted molar refractivity (Wildman–Crippen MR) is 156 cm³/mol. The highest BCUT2D eigenvalue weighted by molar-refractivity contribution is 7.45. The lowest BCUT2D eigenvalue weighted by atomic mass is 9.89. The molecule has 2 unspecified atom stereocenters. The van der Waals surface area contributed by atoms with Crippen LogP contribution in [0.15, 0.2) is 73.0 Å². The second-order valence-corrected chi connectivity index (χ2v) is 12.2. The van der Waals surface area contributed by atoms with Gasteiger partial charge >= 0.3 is 0 Å². The minimum atomic E-state index is -5.10. The van der Waals surface area contributed by atoms with Crippen LogP contribution >= 0.6 is 7.82 Å². The first kappa shape index (κ1) is 40.0. The Morgan fingerprint density at radius 3 is 1.60 bits per heavy atom. The number of carbonyl (C=O) groups excluding carboxylic acids is 4. The number of benzene rings is 2. The number of phosphoric acid groups is 1. The van der Waals surface area contributed by atoms with Crippen LogP contribution in [-0.2, 0) is 32.8 Å². The zero-order valence-corrected chi connectivity index (χ0v) is 26.9. The summed E-state index contributed by atoms with van der Waals surface area (Å²) in [7, 11) is -5.10. The zero-order chi connectivity index (χ0) is 35.7. The quantitative estimate of drug-likeness (QED) is 0.0698. The van der Waals surface area contributed by atoms with Gasteiger partial charge in [0.2, 0.25) is 0 Å². The van der Waals surface area contributed by atoms with Crippen LogP contribution in [0.4, 0.5) is 0 Å². The molecule has 0 saturated heterocycles. The largest absolute Gasteiger partial charge is 0.875 e. The third kappa shape index (κ3) is 16.1. The van der Waals surface area contributed by atoms with Gasteiger partial charge in [-0.3, -0.25) is 19.3 Å². The molecule has 0 saturated carbocycles. The van der Waals surface area contributed by atoms with E-state index in [-0.39, 0.29) is 32.0 Å². The van der Waals surface area contributed by atoms with E-state index in [9.17, 15) is 54.2 Å². The van der Waals surface area contributed by atoms with Crippen molar-refractivity contribution in [2.45, 2.75) is 18.4 Å². The summed E-state index contributed by atoms with van der Waals surface area (Å²) in [5.41, 5.74) is 1.81. The maximum absolute atomic E-state index is 12.8. The molecule has 2 aromatic carbocycles. The van der Waals surface area contributed by atoms with Gasteiger partial charge in [-0.15, -0.1) is 12.3 Å². The molecule has 16 nitrogen and oxygen atoms in total. The van der Waals surface area contributed by atoms with Gasteiger partial charge in [-0.1, -0.05) is 60.7 Å². The number of hydrogen-bond donors (Lipinski definition) is 0. The molecule has 48 heavy (non-hydrogen) atoms. The zero-order valence-electron chi connectivity index (χ0n) is 26.0. The highest BCUT2D eigenvalue weighted by atomic mass is 31.2. The number of nitrogens with zero attached hydrogens (tertiary/aromatic N) is 3. The lowest BCUT2D eigenvalue weighted by Gasteiger charge is -2.38. The fraction of sp³-hybridized carbons (Fsp3) is 0.419. The molecular formula is C31H36N3O13P-6. The molecule has 2 atom stereocenters. The van der Waals surface area contributed by atoms with Crippen molar-refractivity contribution in [2.24, 2.45) is 0 Å². The van der Waals surface area contributed by atoms with Crippen LogP contribution in [0.3, 0.4) is 0 Å². The van der Waals surface area contributed by atoms with Gasteiger partial charge < -0.3 is 58.7 Å². The molecule has 0 N–H and O–H groups in total. The minimum Gasteiger partial charge on any atom is -0.875 e. The third-order valence-electron chi connectivity index (χ3n) is 6.97. The van der Waals surface area contributed by atoms with Crippen molar-refractivity contribution >= 4 is 31.7 Å². The van der Waals surface area contributed by atoms with E-state index in [0.717, 1.165) is 25.8 Å². The normalized spacial score (nSPS) is 13.4. The van der Waals surface area contributed by atoms with Gasteiger partial charge in [0.05, 0.1) is 37.1 Å². The molecule has 0 spiro atoms. The summed E-state index contributed by atoms with van der Waals surface area (Å²) in [5, 5.41) is 57.0. The molecule has 0 fully saturated rings. The van der Waals surface area contributed by atoms with Crippen molar-refractivity contribution < 1.29 is 63.2 Å². The minimum absolute atomic E-state index is 0.214. The van der Waals surface area contributed by atoms with E-state index in [1.165, 1.54) is 0 Å².